The van der Waals surface area contributed by atoms with Crippen LogP contribution in [0.1, 0.15) is 74.7 Å². The molecule has 0 aromatic heterocycles. The van der Waals surface area contributed by atoms with E-state index < -0.39 is 12.1 Å². The molecular formula is C20H42O8. The number of hydrogen-bond acceptors (Lipinski definition) is 8. The Morgan fingerprint density at radius 2 is 1.32 bits per heavy atom. The Morgan fingerprint density at radius 1 is 0.857 bits per heavy atom. The monoisotopic (exact) mass is 410 g/mol. The van der Waals surface area contributed by atoms with E-state index in [0.717, 1.165) is 12.8 Å². The zero-order chi connectivity index (χ0) is 23.0. The largest absolute Gasteiger partial charge is 0.466 e. The number of carbonyl (C=O) groups excluding carboxylic acids is 3. The number of ether oxygens (including phenoxy) is 3. The number of carbonyl (C=O) groups is 3. The van der Waals surface area contributed by atoms with Crippen molar-refractivity contribution >= 4 is 17.9 Å². The second-order valence-electron chi connectivity index (χ2n) is 5.81. The minimum atomic E-state index is -0.991. The molecule has 0 aliphatic heterocycles. The SMILES string of the molecule is CC(C)CCO.CCCC(=O)OCC.CCOC(=O)C(C)O.CCOC(C)=O. The van der Waals surface area contributed by atoms with Gasteiger partial charge in [0.1, 0.15) is 6.10 Å². The smallest absolute Gasteiger partial charge is 0.334 e. The summed E-state index contributed by atoms with van der Waals surface area (Å²) < 4.78 is 13.5. The van der Waals surface area contributed by atoms with E-state index in [1.165, 1.54) is 13.8 Å². The highest BCUT2D eigenvalue weighted by Crippen LogP contribution is 1.94. The van der Waals surface area contributed by atoms with E-state index in [2.05, 4.69) is 28.1 Å². The Labute approximate surface area is 170 Å². The second kappa shape index (κ2) is 27.5. The van der Waals surface area contributed by atoms with Gasteiger partial charge in [-0.15, -0.1) is 0 Å². The molecule has 1 unspecified atom stereocenters. The quantitative estimate of drug-likeness (QED) is 0.463. The lowest BCUT2D eigenvalue weighted by Gasteiger charge is -2.01. The molecule has 0 rings (SSSR count). The van der Waals surface area contributed by atoms with E-state index in [4.69, 9.17) is 10.2 Å². The molecule has 0 saturated heterocycles. The third-order valence-corrected chi connectivity index (χ3v) is 2.44. The van der Waals surface area contributed by atoms with Gasteiger partial charge in [0, 0.05) is 20.0 Å². The van der Waals surface area contributed by atoms with Crippen LogP contribution in [0.5, 0.6) is 0 Å². The van der Waals surface area contributed by atoms with Gasteiger partial charge in [0.15, 0.2) is 0 Å². The van der Waals surface area contributed by atoms with E-state index in [9.17, 15) is 14.4 Å². The highest BCUT2D eigenvalue weighted by molar-refractivity contribution is 5.73. The Morgan fingerprint density at radius 3 is 1.46 bits per heavy atom. The van der Waals surface area contributed by atoms with Gasteiger partial charge in [-0.1, -0.05) is 20.8 Å². The third-order valence-electron chi connectivity index (χ3n) is 2.44. The van der Waals surface area contributed by atoms with Crippen molar-refractivity contribution in [3.8, 4) is 0 Å². The summed E-state index contributed by atoms with van der Waals surface area (Å²) in [7, 11) is 0. The zero-order valence-electron chi connectivity index (χ0n) is 18.9. The van der Waals surface area contributed by atoms with Gasteiger partial charge < -0.3 is 24.4 Å². The predicted octanol–water partition coefficient (Wildman–Crippen LogP) is 2.87. The van der Waals surface area contributed by atoms with Gasteiger partial charge >= 0.3 is 17.9 Å². The Kier molecular flexibility index (Phi) is 33.3. The molecule has 0 fully saturated rings. The first-order valence-corrected chi connectivity index (χ1v) is 9.78. The molecule has 0 radical (unpaired) electrons. The molecule has 0 aliphatic carbocycles. The topological polar surface area (TPSA) is 119 Å². The van der Waals surface area contributed by atoms with Crippen molar-refractivity contribution in [1.29, 1.82) is 0 Å². The van der Waals surface area contributed by atoms with Crippen molar-refractivity contribution in [2.24, 2.45) is 5.92 Å². The lowest BCUT2D eigenvalue weighted by molar-refractivity contribution is -0.152. The van der Waals surface area contributed by atoms with Gasteiger partial charge in [0.25, 0.3) is 0 Å². The van der Waals surface area contributed by atoms with Crippen LogP contribution in [0, 0.1) is 5.92 Å². The van der Waals surface area contributed by atoms with E-state index in [1.54, 1.807) is 13.8 Å². The van der Waals surface area contributed by atoms with E-state index in [1.807, 2.05) is 13.8 Å². The van der Waals surface area contributed by atoms with Gasteiger partial charge in [0.2, 0.25) is 0 Å². The maximum absolute atomic E-state index is 10.4. The van der Waals surface area contributed by atoms with Gasteiger partial charge in [-0.25, -0.2) is 4.79 Å². The first-order valence-electron chi connectivity index (χ1n) is 9.78. The summed E-state index contributed by atoms with van der Waals surface area (Å²) in [6, 6.07) is 0. The Bertz CT molecular complexity index is 346. The molecule has 0 aromatic carbocycles. The molecule has 0 amide bonds. The highest BCUT2D eigenvalue weighted by atomic mass is 16.5. The van der Waals surface area contributed by atoms with Crippen molar-refractivity contribution in [3.05, 3.63) is 0 Å². The van der Waals surface area contributed by atoms with E-state index in [0.29, 0.717) is 38.8 Å². The van der Waals surface area contributed by atoms with Crippen molar-refractivity contribution in [2.45, 2.75) is 80.8 Å². The van der Waals surface area contributed by atoms with Crippen molar-refractivity contribution in [3.63, 3.8) is 0 Å². The van der Waals surface area contributed by atoms with Crippen LogP contribution in [0.2, 0.25) is 0 Å². The fourth-order valence-corrected chi connectivity index (χ4v) is 1.16. The van der Waals surface area contributed by atoms with E-state index in [-0.39, 0.29) is 11.9 Å². The average molecular weight is 411 g/mol. The number of esters is 3. The molecule has 8 heteroatoms. The van der Waals surface area contributed by atoms with Gasteiger partial charge in [-0.2, -0.15) is 0 Å². The molecule has 2 N–H and O–H groups in total. The standard InChI is InChI=1S/C6H12O2.C5H10O3.C5H12O.C4H8O2/c1-3-5-6(7)8-4-2;1-3-8-5(7)4(2)6;1-5(2)3-4-6;1-3-6-4(2)5/h3-5H2,1-2H3;4,6H,3H2,1-2H3;5-6H,3-4H2,1-2H3;3H2,1-2H3. The highest BCUT2D eigenvalue weighted by Gasteiger charge is 2.07. The Hall–Kier alpha value is -1.67. The zero-order valence-corrected chi connectivity index (χ0v) is 18.9. The molecule has 1 atom stereocenters. The van der Waals surface area contributed by atoms with Crippen molar-refractivity contribution < 1.29 is 38.8 Å². The third kappa shape index (κ3) is 44.1. The van der Waals surface area contributed by atoms with Crippen molar-refractivity contribution in [2.75, 3.05) is 26.4 Å². The fourth-order valence-electron chi connectivity index (χ4n) is 1.16. The molecular weight excluding hydrogens is 368 g/mol. The molecule has 0 spiro atoms. The summed E-state index contributed by atoms with van der Waals surface area (Å²) >= 11 is 0. The second-order valence-corrected chi connectivity index (χ2v) is 5.81. The molecule has 0 aromatic rings. The summed E-state index contributed by atoms with van der Waals surface area (Å²) in [6.07, 6.45) is 1.36. The predicted molar refractivity (Wildman–Crippen MR) is 109 cm³/mol. The van der Waals surface area contributed by atoms with Gasteiger partial charge in [0.05, 0.1) is 19.8 Å². The maximum atomic E-state index is 10.4. The Balaban J connectivity index is -0.000000139. The van der Waals surface area contributed by atoms with Crippen LogP contribution >= 0.6 is 0 Å². The maximum Gasteiger partial charge on any atom is 0.334 e. The number of rotatable bonds is 8. The molecule has 0 saturated carbocycles. The summed E-state index contributed by atoms with van der Waals surface area (Å²) in [5.74, 6) is -0.213. The summed E-state index contributed by atoms with van der Waals surface area (Å²) in [4.78, 5) is 30.5. The molecule has 0 bridgehead atoms. The molecule has 28 heavy (non-hydrogen) atoms. The molecule has 170 valence electrons. The lowest BCUT2D eigenvalue weighted by atomic mass is 10.2. The minimum absolute atomic E-state index is 0.0880. The van der Waals surface area contributed by atoms with Crippen LogP contribution in [0.15, 0.2) is 0 Å². The molecule has 0 heterocycles. The van der Waals surface area contributed by atoms with Gasteiger partial charge in [-0.3, -0.25) is 9.59 Å². The number of aliphatic hydroxyl groups is 2. The molecule has 0 aliphatic rings. The minimum Gasteiger partial charge on any atom is -0.466 e. The number of hydrogen-bond donors (Lipinski definition) is 2. The summed E-state index contributed by atoms with van der Waals surface area (Å²) in [5, 5.41) is 16.7. The van der Waals surface area contributed by atoms with Crippen LogP contribution in [-0.4, -0.2) is 60.7 Å². The molecule has 8 nitrogen and oxygen atoms in total. The average Bonchev–Trinajstić information content (AvgIpc) is 2.57. The normalized spacial score (nSPS) is 9.96. The summed E-state index contributed by atoms with van der Waals surface area (Å²) in [6.45, 7) is 15.8. The van der Waals surface area contributed by atoms with Crippen LogP contribution in [0.25, 0.3) is 0 Å². The summed E-state index contributed by atoms with van der Waals surface area (Å²) in [5.41, 5.74) is 0. The lowest BCUT2D eigenvalue weighted by Crippen LogP contribution is -2.18. The van der Waals surface area contributed by atoms with Crippen LogP contribution < -0.4 is 0 Å². The van der Waals surface area contributed by atoms with Crippen LogP contribution in [-0.2, 0) is 28.6 Å². The first-order chi connectivity index (χ1) is 13.0. The first kappa shape index (κ1) is 33.9. The number of aliphatic hydroxyl groups excluding tert-OH is 2. The van der Waals surface area contributed by atoms with Crippen molar-refractivity contribution in [1.82, 2.24) is 0 Å². The van der Waals surface area contributed by atoms with E-state index >= 15 is 0 Å². The fraction of sp³-hybridized carbons (Fsp3) is 0.850. The van der Waals surface area contributed by atoms with Crippen LogP contribution in [0.3, 0.4) is 0 Å². The van der Waals surface area contributed by atoms with Crippen LogP contribution in [0.4, 0.5) is 0 Å². The van der Waals surface area contributed by atoms with Gasteiger partial charge in [-0.05, 0) is 46.5 Å².